The Kier molecular flexibility index (Phi) is 3.96. The van der Waals surface area contributed by atoms with Crippen LogP contribution in [0.5, 0.6) is 5.75 Å². The summed E-state index contributed by atoms with van der Waals surface area (Å²) in [4.78, 5) is 2.65. The summed E-state index contributed by atoms with van der Waals surface area (Å²) >= 11 is 0. The maximum atomic E-state index is 6.26. The highest BCUT2D eigenvalue weighted by Gasteiger charge is 2.41. The van der Waals surface area contributed by atoms with Crippen LogP contribution in [-0.4, -0.2) is 23.6 Å². The fraction of sp³-hybridized carbons (Fsp3) is 0.400. The van der Waals surface area contributed by atoms with E-state index in [0.29, 0.717) is 18.1 Å². The Balaban J connectivity index is 1.40. The first-order chi connectivity index (χ1) is 11.3. The molecule has 3 aliphatic rings. The highest BCUT2D eigenvalue weighted by atomic mass is 16.5. The highest BCUT2D eigenvalue weighted by molar-refractivity contribution is 5.41. The molecule has 5 rings (SSSR count). The molecule has 0 aromatic heterocycles. The van der Waals surface area contributed by atoms with E-state index in [1.54, 1.807) is 0 Å². The van der Waals surface area contributed by atoms with Crippen LogP contribution < -0.4 is 10.5 Å². The summed E-state index contributed by atoms with van der Waals surface area (Å²) < 4.78 is 6.26. The molecule has 23 heavy (non-hydrogen) atoms. The van der Waals surface area contributed by atoms with Gasteiger partial charge in [0.1, 0.15) is 11.9 Å². The topological polar surface area (TPSA) is 38.5 Å². The Labute approximate surface area is 138 Å². The van der Waals surface area contributed by atoms with Crippen molar-refractivity contribution in [3.8, 4) is 5.75 Å². The van der Waals surface area contributed by atoms with Crippen molar-refractivity contribution >= 4 is 5.69 Å². The average molecular weight is 308 g/mol. The van der Waals surface area contributed by atoms with E-state index in [0.717, 1.165) is 30.9 Å². The first-order valence-electron chi connectivity index (χ1n) is 8.58. The van der Waals surface area contributed by atoms with Gasteiger partial charge in [-0.05, 0) is 42.7 Å². The summed E-state index contributed by atoms with van der Waals surface area (Å²) in [6.07, 6.45) is 4.08. The minimum atomic E-state index is 0.351. The summed E-state index contributed by atoms with van der Waals surface area (Å²) in [6, 6.07) is 19.3. The van der Waals surface area contributed by atoms with Crippen LogP contribution in [-0.2, 0) is 6.54 Å². The zero-order valence-electron chi connectivity index (χ0n) is 13.4. The molecule has 2 heterocycles. The quantitative estimate of drug-likeness (QED) is 0.875. The van der Waals surface area contributed by atoms with Crippen molar-refractivity contribution in [1.82, 2.24) is 4.90 Å². The SMILES string of the molecule is Nc1ccc(OC2CC3CCC2CN3Cc2ccccc2)cc1. The van der Waals surface area contributed by atoms with Crippen LogP contribution in [0.3, 0.4) is 0 Å². The summed E-state index contributed by atoms with van der Waals surface area (Å²) in [6.45, 7) is 2.22. The Hall–Kier alpha value is -2.00. The predicted molar refractivity (Wildman–Crippen MR) is 93.3 cm³/mol. The first-order valence-corrected chi connectivity index (χ1v) is 8.58. The maximum Gasteiger partial charge on any atom is 0.119 e. The Morgan fingerprint density at radius 3 is 2.48 bits per heavy atom. The van der Waals surface area contributed by atoms with Gasteiger partial charge in [-0.25, -0.2) is 0 Å². The molecule has 2 aromatic rings. The highest BCUT2D eigenvalue weighted by Crippen LogP contribution is 2.38. The van der Waals surface area contributed by atoms with Crippen molar-refractivity contribution < 1.29 is 4.74 Å². The fourth-order valence-corrected chi connectivity index (χ4v) is 4.04. The van der Waals surface area contributed by atoms with E-state index >= 15 is 0 Å². The van der Waals surface area contributed by atoms with Gasteiger partial charge in [0.15, 0.2) is 0 Å². The molecule has 1 aliphatic carbocycles. The van der Waals surface area contributed by atoms with Gasteiger partial charge in [-0.1, -0.05) is 30.3 Å². The van der Waals surface area contributed by atoms with Crippen LogP contribution in [0.2, 0.25) is 0 Å². The van der Waals surface area contributed by atoms with Gasteiger partial charge in [0.25, 0.3) is 0 Å². The average Bonchev–Trinajstić information content (AvgIpc) is 2.59. The smallest absolute Gasteiger partial charge is 0.119 e. The molecule has 120 valence electrons. The van der Waals surface area contributed by atoms with E-state index in [9.17, 15) is 0 Å². The Morgan fingerprint density at radius 1 is 1.00 bits per heavy atom. The zero-order chi connectivity index (χ0) is 15.6. The van der Waals surface area contributed by atoms with Crippen LogP contribution in [0.1, 0.15) is 24.8 Å². The standard InChI is InChI=1S/C20H24N2O/c21-17-7-10-19(11-8-17)23-20-12-18-9-6-16(20)14-22(18)13-15-4-2-1-3-5-15/h1-5,7-8,10-11,16,18,20H,6,9,12-14,21H2. The molecule has 3 fully saturated rings. The van der Waals surface area contributed by atoms with Crippen LogP contribution in [0.25, 0.3) is 0 Å². The van der Waals surface area contributed by atoms with Crippen LogP contribution >= 0.6 is 0 Å². The number of ether oxygens (including phenoxy) is 1. The molecule has 2 aliphatic heterocycles. The molecule has 2 bridgehead atoms. The third kappa shape index (κ3) is 3.20. The van der Waals surface area contributed by atoms with Crippen molar-refractivity contribution in [3.05, 3.63) is 60.2 Å². The van der Waals surface area contributed by atoms with E-state index in [4.69, 9.17) is 10.5 Å². The molecule has 2 saturated heterocycles. The third-order valence-corrected chi connectivity index (χ3v) is 5.28. The largest absolute Gasteiger partial charge is 0.490 e. The molecule has 0 radical (unpaired) electrons. The van der Waals surface area contributed by atoms with Gasteiger partial charge >= 0.3 is 0 Å². The number of hydrogen-bond donors (Lipinski definition) is 1. The molecular formula is C20H24N2O. The zero-order valence-corrected chi connectivity index (χ0v) is 13.4. The number of anilines is 1. The van der Waals surface area contributed by atoms with Gasteiger partial charge in [-0.15, -0.1) is 0 Å². The van der Waals surface area contributed by atoms with Crippen molar-refractivity contribution in [3.63, 3.8) is 0 Å². The number of piperidine rings is 2. The lowest BCUT2D eigenvalue weighted by Crippen LogP contribution is -2.55. The van der Waals surface area contributed by atoms with Gasteiger partial charge in [0.2, 0.25) is 0 Å². The van der Waals surface area contributed by atoms with Crippen LogP contribution in [0.15, 0.2) is 54.6 Å². The van der Waals surface area contributed by atoms with Crippen molar-refractivity contribution in [2.45, 2.75) is 38.0 Å². The minimum Gasteiger partial charge on any atom is -0.490 e. The molecule has 1 saturated carbocycles. The number of benzene rings is 2. The second-order valence-electron chi connectivity index (χ2n) is 6.87. The summed E-state index contributed by atoms with van der Waals surface area (Å²) in [5.41, 5.74) is 7.95. The maximum absolute atomic E-state index is 6.26. The van der Waals surface area contributed by atoms with Crippen LogP contribution in [0.4, 0.5) is 5.69 Å². The van der Waals surface area contributed by atoms with Gasteiger partial charge in [-0.2, -0.15) is 0 Å². The second kappa shape index (κ2) is 6.25. The van der Waals surface area contributed by atoms with Crippen molar-refractivity contribution in [2.75, 3.05) is 12.3 Å². The van der Waals surface area contributed by atoms with E-state index in [2.05, 4.69) is 35.2 Å². The Morgan fingerprint density at radius 2 is 1.78 bits per heavy atom. The monoisotopic (exact) mass is 308 g/mol. The minimum absolute atomic E-state index is 0.351. The van der Waals surface area contributed by atoms with Gasteiger partial charge < -0.3 is 10.5 Å². The van der Waals surface area contributed by atoms with Gasteiger partial charge in [-0.3, -0.25) is 4.90 Å². The molecule has 2 N–H and O–H groups in total. The molecule has 3 atom stereocenters. The van der Waals surface area contributed by atoms with E-state index < -0.39 is 0 Å². The lowest BCUT2D eigenvalue weighted by Gasteiger charge is -2.49. The molecule has 2 aromatic carbocycles. The number of rotatable bonds is 4. The van der Waals surface area contributed by atoms with Crippen LogP contribution in [0, 0.1) is 5.92 Å². The predicted octanol–water partition coefficient (Wildman–Crippen LogP) is 3.70. The lowest BCUT2D eigenvalue weighted by atomic mass is 9.77. The third-order valence-electron chi connectivity index (χ3n) is 5.28. The summed E-state index contributed by atoms with van der Waals surface area (Å²) in [7, 11) is 0. The molecule has 0 amide bonds. The normalized spacial score (nSPS) is 27.0. The number of fused-ring (bicyclic) bond motifs is 3. The summed E-state index contributed by atoms with van der Waals surface area (Å²) in [5.74, 6) is 1.59. The van der Waals surface area contributed by atoms with E-state index in [1.807, 2.05) is 24.3 Å². The molecule has 0 spiro atoms. The summed E-state index contributed by atoms with van der Waals surface area (Å²) in [5, 5.41) is 0. The first kappa shape index (κ1) is 14.6. The van der Waals surface area contributed by atoms with Gasteiger partial charge in [0.05, 0.1) is 0 Å². The molecule has 3 nitrogen and oxygen atoms in total. The van der Waals surface area contributed by atoms with Crippen molar-refractivity contribution in [1.29, 1.82) is 0 Å². The van der Waals surface area contributed by atoms with Crippen molar-refractivity contribution in [2.24, 2.45) is 5.92 Å². The second-order valence-corrected chi connectivity index (χ2v) is 6.87. The molecule has 3 heteroatoms. The number of nitrogen functional groups attached to an aromatic ring is 1. The Bertz CT molecular complexity index is 640. The number of nitrogens with zero attached hydrogens (tertiary/aromatic N) is 1. The van der Waals surface area contributed by atoms with E-state index in [1.165, 1.54) is 18.4 Å². The number of hydrogen-bond acceptors (Lipinski definition) is 3. The molecule has 3 unspecified atom stereocenters. The fourth-order valence-electron chi connectivity index (χ4n) is 4.04. The van der Waals surface area contributed by atoms with E-state index in [-0.39, 0.29) is 0 Å². The van der Waals surface area contributed by atoms with Gasteiger partial charge in [0, 0.05) is 37.2 Å². The molecular weight excluding hydrogens is 284 g/mol. The lowest BCUT2D eigenvalue weighted by molar-refractivity contribution is -0.0407. The number of nitrogens with two attached hydrogens (primary N) is 1.